The fourth-order valence-electron chi connectivity index (χ4n) is 3.35. The van der Waals surface area contributed by atoms with E-state index in [1.54, 1.807) is 6.92 Å². The number of thioether (sulfide) groups is 1. The Morgan fingerprint density at radius 2 is 2.17 bits per heavy atom. The molecule has 1 atom stereocenters. The zero-order valence-electron chi connectivity index (χ0n) is 17.0. The van der Waals surface area contributed by atoms with E-state index < -0.39 is 0 Å². The summed E-state index contributed by atoms with van der Waals surface area (Å²) in [5, 5.41) is 12.1. The Morgan fingerprint density at radius 1 is 1.38 bits per heavy atom. The lowest BCUT2D eigenvalue weighted by atomic mass is 9.88. The van der Waals surface area contributed by atoms with Crippen molar-refractivity contribution in [3.8, 4) is 0 Å². The molecule has 0 aliphatic heterocycles. The molecular weight excluding hydrogens is 410 g/mol. The second-order valence-corrected chi connectivity index (χ2v) is 9.18. The van der Waals surface area contributed by atoms with Gasteiger partial charge in [-0.05, 0) is 44.1 Å². The lowest BCUT2D eigenvalue weighted by molar-refractivity contribution is -0.113. The van der Waals surface area contributed by atoms with Gasteiger partial charge in [-0.2, -0.15) is 0 Å². The molecule has 0 aromatic carbocycles. The third kappa shape index (κ3) is 4.92. The molecule has 158 valence electrons. The lowest BCUT2D eigenvalue weighted by Gasteiger charge is -2.18. The third-order valence-corrected chi connectivity index (χ3v) is 6.90. The Balaban J connectivity index is 1.72. The van der Waals surface area contributed by atoms with Crippen LogP contribution in [0.3, 0.4) is 0 Å². The second-order valence-electron chi connectivity index (χ2n) is 7.13. The van der Waals surface area contributed by atoms with E-state index in [1.165, 1.54) is 32.7 Å². The molecule has 8 nitrogen and oxygen atoms in total. The highest BCUT2D eigenvalue weighted by atomic mass is 32.2. The predicted octanol–water partition coefficient (Wildman–Crippen LogP) is 3.04. The van der Waals surface area contributed by atoms with E-state index in [0.29, 0.717) is 34.1 Å². The highest BCUT2D eigenvalue weighted by Gasteiger charge is 2.29. The fourth-order valence-corrected chi connectivity index (χ4v) is 5.44. The fraction of sp³-hybridized carbons (Fsp3) is 0.579. The molecule has 0 bridgehead atoms. The molecule has 1 amide bonds. The van der Waals surface area contributed by atoms with Crippen LogP contribution in [0, 0.1) is 5.92 Å². The van der Waals surface area contributed by atoms with Crippen molar-refractivity contribution in [3.05, 3.63) is 21.8 Å². The van der Waals surface area contributed by atoms with Gasteiger partial charge in [0.25, 0.3) is 0 Å². The van der Waals surface area contributed by atoms with Gasteiger partial charge in [0.1, 0.15) is 5.00 Å². The van der Waals surface area contributed by atoms with Gasteiger partial charge < -0.3 is 15.9 Å². The Hall–Kier alpha value is -2.07. The summed E-state index contributed by atoms with van der Waals surface area (Å²) < 4.78 is 6.67. The summed E-state index contributed by atoms with van der Waals surface area (Å²) in [6.07, 6.45) is 4.44. The number of fused-ring (bicyclic) bond motifs is 1. The number of carbonyl (C=O) groups excluding carboxylic acids is 2. The second kappa shape index (κ2) is 9.62. The van der Waals surface area contributed by atoms with Crippen LogP contribution in [-0.4, -0.2) is 39.1 Å². The molecule has 0 spiro atoms. The minimum absolute atomic E-state index is 0.128. The van der Waals surface area contributed by atoms with Crippen molar-refractivity contribution in [1.82, 2.24) is 14.9 Å². The van der Waals surface area contributed by atoms with Gasteiger partial charge in [-0.25, -0.2) is 9.47 Å². The van der Waals surface area contributed by atoms with Crippen molar-refractivity contribution in [2.75, 3.05) is 23.5 Å². The third-order valence-electron chi connectivity index (χ3n) is 4.79. The molecule has 2 aromatic heterocycles. The van der Waals surface area contributed by atoms with Gasteiger partial charge in [0.2, 0.25) is 11.1 Å². The van der Waals surface area contributed by atoms with Crippen molar-refractivity contribution in [1.29, 1.82) is 0 Å². The first kappa shape index (κ1) is 21.6. The van der Waals surface area contributed by atoms with Crippen LogP contribution in [0.5, 0.6) is 0 Å². The number of nitrogens with two attached hydrogens (primary N) is 1. The van der Waals surface area contributed by atoms with Crippen LogP contribution in [0.1, 0.15) is 60.2 Å². The zero-order valence-corrected chi connectivity index (χ0v) is 18.6. The minimum Gasteiger partial charge on any atom is -0.462 e. The first-order chi connectivity index (χ1) is 13.9. The molecule has 1 unspecified atom stereocenters. The lowest BCUT2D eigenvalue weighted by Crippen LogP contribution is -2.19. The Kier molecular flexibility index (Phi) is 7.18. The summed E-state index contributed by atoms with van der Waals surface area (Å²) in [5.74, 6) is 6.80. The molecule has 0 radical (unpaired) electrons. The standard InChI is InChI=1S/C19H27N5O3S2/c1-4-6-14-22-23-19(24(14)20)28-10-15(25)21-17-16(18(26)27-5-2)12-8-7-11(3)9-13(12)29-17/h11H,4-10,20H2,1-3H3,(H,21,25). The number of nitrogen functional groups attached to an aromatic ring is 1. The van der Waals surface area contributed by atoms with Gasteiger partial charge in [0.05, 0.1) is 17.9 Å². The van der Waals surface area contributed by atoms with Crippen LogP contribution >= 0.6 is 23.1 Å². The average molecular weight is 438 g/mol. The van der Waals surface area contributed by atoms with Crippen molar-refractivity contribution in [3.63, 3.8) is 0 Å². The first-order valence-corrected chi connectivity index (χ1v) is 11.7. The molecule has 1 aliphatic rings. The number of ether oxygens (including phenoxy) is 1. The van der Waals surface area contributed by atoms with Crippen LogP contribution in [0.25, 0.3) is 0 Å². The number of hydrogen-bond donors (Lipinski definition) is 2. The maximum absolute atomic E-state index is 12.6. The summed E-state index contributed by atoms with van der Waals surface area (Å²) in [6, 6.07) is 0. The van der Waals surface area contributed by atoms with E-state index in [1.807, 2.05) is 6.92 Å². The van der Waals surface area contributed by atoms with Crippen LogP contribution in [0.15, 0.2) is 5.16 Å². The number of esters is 1. The molecule has 29 heavy (non-hydrogen) atoms. The van der Waals surface area contributed by atoms with Crippen molar-refractivity contribution in [2.24, 2.45) is 5.92 Å². The van der Waals surface area contributed by atoms with Crippen molar-refractivity contribution < 1.29 is 14.3 Å². The van der Waals surface area contributed by atoms with E-state index >= 15 is 0 Å². The zero-order chi connectivity index (χ0) is 21.0. The number of carbonyl (C=O) groups is 2. The van der Waals surface area contributed by atoms with E-state index in [9.17, 15) is 9.59 Å². The molecule has 3 rings (SSSR count). The normalized spacial score (nSPS) is 15.8. The predicted molar refractivity (Wildman–Crippen MR) is 115 cm³/mol. The van der Waals surface area contributed by atoms with Gasteiger partial charge in [0, 0.05) is 11.3 Å². The Bertz CT molecular complexity index is 893. The van der Waals surface area contributed by atoms with Gasteiger partial charge in [-0.1, -0.05) is 25.6 Å². The largest absolute Gasteiger partial charge is 0.462 e. The number of nitrogens with one attached hydrogen (secondary N) is 1. The minimum atomic E-state index is -0.367. The molecule has 10 heteroatoms. The highest BCUT2D eigenvalue weighted by Crippen LogP contribution is 2.40. The van der Waals surface area contributed by atoms with E-state index in [4.69, 9.17) is 10.6 Å². The van der Waals surface area contributed by atoms with Crippen molar-refractivity contribution in [2.45, 2.75) is 58.0 Å². The first-order valence-electron chi connectivity index (χ1n) is 9.88. The monoisotopic (exact) mass is 437 g/mol. The molecule has 3 N–H and O–H groups in total. The number of amides is 1. The molecular formula is C19H27N5O3S2. The van der Waals surface area contributed by atoms with Gasteiger partial charge >= 0.3 is 5.97 Å². The van der Waals surface area contributed by atoms with E-state index in [2.05, 4.69) is 22.4 Å². The molecule has 0 saturated heterocycles. The van der Waals surface area contributed by atoms with Crippen molar-refractivity contribution >= 4 is 40.0 Å². The van der Waals surface area contributed by atoms with Gasteiger partial charge in [0.15, 0.2) is 5.82 Å². The van der Waals surface area contributed by atoms with E-state index in [0.717, 1.165) is 37.7 Å². The van der Waals surface area contributed by atoms with Crippen LogP contribution < -0.4 is 11.2 Å². The number of thiophene rings is 1. The van der Waals surface area contributed by atoms with Crippen LogP contribution in [0.4, 0.5) is 5.00 Å². The van der Waals surface area contributed by atoms with Gasteiger partial charge in [-0.3, -0.25) is 4.79 Å². The highest BCUT2D eigenvalue weighted by molar-refractivity contribution is 7.99. The molecule has 1 aliphatic carbocycles. The smallest absolute Gasteiger partial charge is 0.341 e. The summed E-state index contributed by atoms with van der Waals surface area (Å²) in [7, 11) is 0. The number of rotatable bonds is 8. The average Bonchev–Trinajstić information content (AvgIpc) is 3.20. The number of anilines is 1. The van der Waals surface area contributed by atoms with E-state index in [-0.39, 0.29) is 17.6 Å². The number of hydrogen-bond acceptors (Lipinski definition) is 8. The molecule has 2 aromatic rings. The van der Waals surface area contributed by atoms with Crippen LogP contribution in [-0.2, 0) is 28.8 Å². The topological polar surface area (TPSA) is 112 Å². The number of aromatic nitrogens is 3. The Labute approximate surface area is 178 Å². The summed E-state index contributed by atoms with van der Waals surface area (Å²) in [6.45, 7) is 6.33. The summed E-state index contributed by atoms with van der Waals surface area (Å²) in [5.41, 5.74) is 1.55. The van der Waals surface area contributed by atoms with Crippen LogP contribution in [0.2, 0.25) is 0 Å². The number of aryl methyl sites for hydroxylation is 1. The SMILES string of the molecule is CCCc1nnc(SCC(=O)Nc2sc3c(c2C(=O)OCC)CCC(C)C3)n1N. The summed E-state index contributed by atoms with van der Waals surface area (Å²) in [4.78, 5) is 26.3. The molecule has 0 saturated carbocycles. The molecule has 0 fully saturated rings. The maximum Gasteiger partial charge on any atom is 0.341 e. The summed E-state index contributed by atoms with van der Waals surface area (Å²) >= 11 is 2.71. The Morgan fingerprint density at radius 3 is 2.90 bits per heavy atom. The number of nitrogens with zero attached hydrogens (tertiary/aromatic N) is 3. The maximum atomic E-state index is 12.6. The molecule has 2 heterocycles. The van der Waals surface area contributed by atoms with Gasteiger partial charge in [-0.15, -0.1) is 21.5 Å². The quantitative estimate of drug-likeness (QED) is 0.371.